The molecule has 12 heavy (non-hydrogen) atoms. The van der Waals surface area contributed by atoms with Crippen molar-refractivity contribution in [1.29, 1.82) is 0 Å². The molecule has 0 aromatic rings. The van der Waals surface area contributed by atoms with Crippen molar-refractivity contribution < 1.29 is 0 Å². The van der Waals surface area contributed by atoms with Crippen molar-refractivity contribution in [3.8, 4) is 0 Å². The Morgan fingerprint density at radius 3 is 1.50 bits per heavy atom. The molecular weight excluding hydrogens is 301 g/mol. The van der Waals surface area contributed by atoms with Gasteiger partial charge in [0.1, 0.15) is 0 Å². The van der Waals surface area contributed by atoms with Gasteiger partial charge in [-0.3, -0.25) is 0 Å². The summed E-state index contributed by atoms with van der Waals surface area (Å²) < 4.78 is 12.1. The van der Waals surface area contributed by atoms with Crippen molar-refractivity contribution in [2.24, 2.45) is 13.5 Å². The summed E-state index contributed by atoms with van der Waals surface area (Å²) in [5.41, 5.74) is 0. The molecule has 10 heteroatoms. The highest BCUT2D eigenvalue weighted by atomic mass is 35.9. The van der Waals surface area contributed by atoms with Gasteiger partial charge in [-0.15, -0.1) is 0 Å². The van der Waals surface area contributed by atoms with Crippen molar-refractivity contribution in [3.05, 3.63) is 0 Å². The third-order valence-electron chi connectivity index (χ3n) is 0.868. The average Bonchev–Trinajstić information content (AvgIpc) is 1.44. The Morgan fingerprint density at radius 2 is 1.17 bits per heavy atom. The molecule has 0 amide bonds. The molecule has 1 heterocycles. The predicted molar refractivity (Wildman–Crippen MR) is 63.3 cm³/mol. The average molecular weight is 307 g/mol. The smallest absolute Gasteiger partial charge is 0.214 e. The normalized spacial score (nSPS) is 29.5. The second-order valence-corrected chi connectivity index (χ2v) is 15.9. The maximum Gasteiger partial charge on any atom is 0.255 e. The summed E-state index contributed by atoms with van der Waals surface area (Å²) in [5.74, 6) is -5.29. The highest BCUT2D eigenvalue weighted by Crippen LogP contribution is 2.83. The van der Waals surface area contributed by atoms with E-state index in [0.29, 0.717) is 0 Å². The summed E-state index contributed by atoms with van der Waals surface area (Å²) in [4.78, 5) is 0. The van der Waals surface area contributed by atoms with Gasteiger partial charge in [0.15, 0.2) is 0 Å². The van der Waals surface area contributed by atoms with Crippen molar-refractivity contribution >= 4 is 64.0 Å². The summed E-state index contributed by atoms with van der Waals surface area (Å²) in [5, 5.41) is 0. The Bertz CT molecular complexity index is 280. The van der Waals surface area contributed by atoms with Crippen LogP contribution in [0.3, 0.4) is 0 Å². The zero-order valence-corrected chi connectivity index (χ0v) is 11.9. The number of hydrogen-bond donors (Lipinski definition) is 0. The predicted octanol–water partition coefficient (Wildman–Crippen LogP) is 6.22. The van der Waals surface area contributed by atoms with Crippen LogP contribution in [0.1, 0.15) is 0 Å². The summed E-state index contributed by atoms with van der Waals surface area (Å²) in [6.07, 6.45) is 0. The Balaban J connectivity index is 3.46. The van der Waals surface area contributed by atoms with Crippen LogP contribution in [0.25, 0.3) is 0 Å². The topological polar surface area (TPSA) is 37.1 Å². The third-order valence-corrected chi connectivity index (χ3v) is 12.7. The fourth-order valence-electron chi connectivity index (χ4n) is 0.710. The maximum absolute atomic E-state index is 5.81. The van der Waals surface area contributed by atoms with E-state index in [-0.39, 0.29) is 0 Å². The number of nitrogens with zero attached hydrogens (tertiary/aromatic N) is 3. The Kier molecular flexibility index (Phi) is 3.43. The highest BCUT2D eigenvalue weighted by Gasteiger charge is 2.27. The molecule has 0 fully saturated rings. The van der Waals surface area contributed by atoms with Gasteiger partial charge in [-0.1, -0.05) is 0 Å². The molecule has 0 atom stereocenters. The van der Waals surface area contributed by atoms with Crippen LogP contribution >= 0.6 is 64.0 Å². The van der Waals surface area contributed by atoms with E-state index in [1.54, 1.807) is 0 Å². The van der Waals surface area contributed by atoms with Crippen LogP contribution in [0.2, 0.25) is 0 Å². The standard InChI is InChI=1S/C2H6Cl4N3P3/c1-10(2)7-11(3,4)9-12(5,6)8-10/h1-2H3. The molecule has 0 aliphatic carbocycles. The van der Waals surface area contributed by atoms with Crippen LogP contribution in [-0.2, 0) is 0 Å². The number of hydrogen-bond acceptors (Lipinski definition) is 3. The summed E-state index contributed by atoms with van der Waals surface area (Å²) in [6.45, 7) is 3.70. The minimum atomic E-state index is -2.64. The van der Waals surface area contributed by atoms with Crippen LogP contribution in [0, 0.1) is 0 Å². The third kappa shape index (κ3) is 3.54. The molecule has 1 rings (SSSR count). The zero-order valence-electron chi connectivity index (χ0n) is 6.20. The minimum Gasteiger partial charge on any atom is -0.214 e. The SMILES string of the molecule is CP1(C)=NP(Cl)(Cl)=NP(Cl)(Cl)=N1. The zero-order chi connectivity index (χ0) is 9.62. The van der Waals surface area contributed by atoms with Gasteiger partial charge in [-0.05, 0) is 58.3 Å². The molecular formula is C2H6Cl4N3P3. The van der Waals surface area contributed by atoms with Crippen molar-refractivity contribution in [3.63, 3.8) is 0 Å². The molecule has 0 unspecified atom stereocenters. The lowest BCUT2D eigenvalue weighted by molar-refractivity contribution is 1.72. The molecule has 0 radical (unpaired) electrons. The van der Waals surface area contributed by atoms with E-state index >= 15 is 0 Å². The second kappa shape index (κ2) is 3.46. The van der Waals surface area contributed by atoms with Gasteiger partial charge in [0.2, 0.25) is 0 Å². The van der Waals surface area contributed by atoms with E-state index in [9.17, 15) is 0 Å². The molecule has 0 N–H and O–H groups in total. The lowest BCUT2D eigenvalue weighted by Gasteiger charge is -2.19. The molecule has 0 aromatic carbocycles. The molecule has 1 aliphatic heterocycles. The second-order valence-electron chi connectivity index (χ2n) is 2.52. The van der Waals surface area contributed by atoms with Gasteiger partial charge < -0.3 is 0 Å². The van der Waals surface area contributed by atoms with Crippen LogP contribution in [0.4, 0.5) is 0 Å². The Labute approximate surface area is 90.6 Å². The maximum atomic E-state index is 5.81. The van der Waals surface area contributed by atoms with E-state index in [1.165, 1.54) is 0 Å². The van der Waals surface area contributed by atoms with Gasteiger partial charge in [-0.2, -0.15) is 4.52 Å². The quantitative estimate of drug-likeness (QED) is 0.476. The van der Waals surface area contributed by atoms with Crippen molar-refractivity contribution in [2.75, 3.05) is 13.3 Å². The van der Waals surface area contributed by atoms with Crippen molar-refractivity contribution in [1.82, 2.24) is 0 Å². The highest BCUT2D eigenvalue weighted by molar-refractivity contribution is 8.21. The first-order valence-corrected chi connectivity index (χ1v) is 12.4. The molecule has 0 spiro atoms. The first-order chi connectivity index (χ1) is 5.12. The first-order valence-electron chi connectivity index (χ1n) is 2.77. The first kappa shape index (κ1) is 11.9. The lowest BCUT2D eigenvalue weighted by atomic mass is 11.9. The summed E-state index contributed by atoms with van der Waals surface area (Å²) in [6, 6.07) is 0. The molecule has 0 bridgehead atoms. The molecule has 0 saturated carbocycles. The van der Waals surface area contributed by atoms with E-state index < -0.39 is 19.0 Å². The van der Waals surface area contributed by atoms with Crippen LogP contribution in [0.5, 0.6) is 0 Å². The van der Waals surface area contributed by atoms with E-state index in [0.717, 1.165) is 0 Å². The molecule has 3 nitrogen and oxygen atoms in total. The van der Waals surface area contributed by atoms with Gasteiger partial charge in [0.25, 0.3) is 11.8 Å². The number of rotatable bonds is 0. The van der Waals surface area contributed by atoms with Crippen LogP contribution in [-0.4, -0.2) is 13.3 Å². The van der Waals surface area contributed by atoms with E-state index in [1.807, 2.05) is 13.3 Å². The van der Waals surface area contributed by atoms with Gasteiger partial charge >= 0.3 is 0 Å². The largest absolute Gasteiger partial charge is 0.255 e. The van der Waals surface area contributed by atoms with E-state index in [2.05, 4.69) is 13.5 Å². The van der Waals surface area contributed by atoms with Crippen LogP contribution in [0.15, 0.2) is 13.5 Å². The van der Waals surface area contributed by atoms with Gasteiger partial charge in [-0.25, -0.2) is 9.03 Å². The van der Waals surface area contributed by atoms with E-state index in [4.69, 9.17) is 45.0 Å². The molecule has 1 aliphatic rings. The monoisotopic (exact) mass is 305 g/mol. The molecule has 0 aromatic heterocycles. The molecule has 0 saturated heterocycles. The Morgan fingerprint density at radius 1 is 0.750 bits per heavy atom. The minimum absolute atomic E-state index is 1.85. The van der Waals surface area contributed by atoms with Gasteiger partial charge in [0, 0.05) is 0 Å². The van der Waals surface area contributed by atoms with Gasteiger partial charge in [0.05, 0.1) is 7.21 Å². The Hall–Kier alpha value is 1.85. The summed E-state index contributed by atoms with van der Waals surface area (Å²) >= 11 is 23.2. The van der Waals surface area contributed by atoms with Crippen LogP contribution < -0.4 is 0 Å². The summed E-state index contributed by atoms with van der Waals surface area (Å²) in [7, 11) is -1.85. The van der Waals surface area contributed by atoms with Crippen molar-refractivity contribution in [2.45, 2.75) is 0 Å². The molecule has 72 valence electrons. The fraction of sp³-hybridized carbons (Fsp3) is 1.00. The fourth-order valence-corrected chi connectivity index (χ4v) is 18.1. The number of halogens is 4. The lowest BCUT2D eigenvalue weighted by Crippen LogP contribution is -1.72.